The average molecular weight is 383 g/mol. The van der Waals surface area contributed by atoms with Gasteiger partial charge in [-0.25, -0.2) is 4.79 Å². The molecule has 0 bridgehead atoms. The van der Waals surface area contributed by atoms with Crippen LogP contribution in [-0.4, -0.2) is 44.8 Å². The highest BCUT2D eigenvalue weighted by Gasteiger charge is 2.26. The van der Waals surface area contributed by atoms with Gasteiger partial charge in [0.15, 0.2) is 5.82 Å². The molecule has 0 aliphatic carbocycles. The maximum atomic E-state index is 12.3. The van der Waals surface area contributed by atoms with Gasteiger partial charge in [0.05, 0.1) is 6.54 Å². The number of aromatic nitrogens is 3. The van der Waals surface area contributed by atoms with E-state index in [9.17, 15) is 4.79 Å². The molecule has 2 aliphatic rings. The minimum atomic E-state index is -0.140. The molecule has 3 heterocycles. The molecule has 2 aromatic rings. The van der Waals surface area contributed by atoms with E-state index in [4.69, 9.17) is 0 Å². The molecular weight excluding hydrogens is 352 g/mol. The summed E-state index contributed by atoms with van der Waals surface area (Å²) < 4.78 is 2.11. The molecule has 1 atom stereocenters. The fraction of sp³-hybridized carbons (Fsp3) is 0.571. The Hall–Kier alpha value is -2.41. The van der Waals surface area contributed by atoms with Crippen molar-refractivity contribution in [3.05, 3.63) is 47.0 Å². The van der Waals surface area contributed by atoms with E-state index < -0.39 is 0 Å². The van der Waals surface area contributed by atoms with Crippen molar-refractivity contribution in [2.75, 3.05) is 13.1 Å². The number of hydrogen-bond acceptors (Lipinski definition) is 4. The van der Waals surface area contributed by atoms with Crippen LogP contribution in [0.25, 0.3) is 0 Å². The van der Waals surface area contributed by atoms with E-state index in [1.807, 2.05) is 0 Å². The minimum absolute atomic E-state index is 0.140. The predicted molar refractivity (Wildman–Crippen MR) is 108 cm³/mol. The van der Waals surface area contributed by atoms with Gasteiger partial charge in [0, 0.05) is 38.6 Å². The van der Waals surface area contributed by atoms with Crippen molar-refractivity contribution in [2.45, 2.75) is 58.8 Å². The lowest BCUT2D eigenvalue weighted by molar-refractivity contribution is 0.137. The van der Waals surface area contributed by atoms with Crippen molar-refractivity contribution in [1.82, 2.24) is 30.3 Å². The Morgan fingerprint density at radius 1 is 1.11 bits per heavy atom. The van der Waals surface area contributed by atoms with Crippen LogP contribution in [0, 0.1) is 5.92 Å². The Kier molecular flexibility index (Phi) is 5.62. The number of hydrogen-bond donors (Lipinski definition) is 2. The first-order chi connectivity index (χ1) is 13.6. The van der Waals surface area contributed by atoms with Crippen LogP contribution in [0.5, 0.6) is 0 Å². The second-order valence-corrected chi connectivity index (χ2v) is 8.15. The maximum absolute atomic E-state index is 12.3. The average Bonchev–Trinajstić information content (AvgIpc) is 3.30. The molecule has 0 radical (unpaired) electrons. The lowest BCUT2D eigenvalue weighted by atomic mass is 9.95. The van der Waals surface area contributed by atoms with Crippen LogP contribution in [-0.2, 0) is 32.5 Å². The van der Waals surface area contributed by atoms with Crippen LogP contribution in [0.3, 0.4) is 0 Å². The summed E-state index contributed by atoms with van der Waals surface area (Å²) in [4.78, 5) is 14.8. The first-order valence-electron chi connectivity index (χ1n) is 10.4. The predicted octanol–water partition coefficient (Wildman–Crippen LogP) is 2.11. The summed E-state index contributed by atoms with van der Waals surface area (Å²) in [5.41, 5.74) is 2.86. The molecule has 0 fully saturated rings. The highest BCUT2D eigenvalue weighted by Crippen LogP contribution is 2.22. The van der Waals surface area contributed by atoms with E-state index in [2.05, 4.69) is 68.4 Å². The number of urea groups is 1. The van der Waals surface area contributed by atoms with Crippen LogP contribution in [0.4, 0.5) is 4.79 Å². The Balaban J connectivity index is 1.29. The van der Waals surface area contributed by atoms with Crippen LogP contribution in [0.1, 0.15) is 43.0 Å². The number of carbonyl (C=O) groups excluding carboxylic acids is 1. The molecule has 1 aromatic heterocycles. The molecule has 0 unspecified atom stereocenters. The van der Waals surface area contributed by atoms with Gasteiger partial charge in [0.2, 0.25) is 0 Å². The fourth-order valence-corrected chi connectivity index (χ4v) is 4.35. The number of fused-ring (bicyclic) bond motifs is 2. The van der Waals surface area contributed by atoms with Crippen molar-refractivity contribution < 1.29 is 4.79 Å². The van der Waals surface area contributed by atoms with Gasteiger partial charge in [0.25, 0.3) is 0 Å². The Labute approximate surface area is 166 Å². The van der Waals surface area contributed by atoms with Crippen LogP contribution >= 0.6 is 0 Å². The lowest BCUT2D eigenvalue weighted by Crippen LogP contribution is -2.50. The summed E-state index contributed by atoms with van der Waals surface area (Å²) in [5.74, 6) is 2.34. The normalized spacial score (nSPS) is 17.2. The quantitative estimate of drug-likeness (QED) is 0.802. The summed E-state index contributed by atoms with van der Waals surface area (Å²) >= 11 is 0. The summed E-state index contributed by atoms with van der Waals surface area (Å²) in [5, 5.41) is 14.4. The molecule has 150 valence electrons. The van der Waals surface area contributed by atoms with Crippen LogP contribution < -0.4 is 10.6 Å². The van der Waals surface area contributed by atoms with Crippen molar-refractivity contribution in [3.8, 4) is 0 Å². The Morgan fingerprint density at radius 3 is 2.75 bits per heavy atom. The summed E-state index contributed by atoms with van der Waals surface area (Å²) in [6, 6.07) is 8.85. The van der Waals surface area contributed by atoms with E-state index in [-0.39, 0.29) is 6.03 Å². The molecule has 7 heteroatoms. The van der Waals surface area contributed by atoms with Gasteiger partial charge >= 0.3 is 6.03 Å². The van der Waals surface area contributed by atoms with E-state index in [1.54, 1.807) is 0 Å². The fourth-order valence-electron chi connectivity index (χ4n) is 4.35. The third-order valence-corrected chi connectivity index (χ3v) is 5.96. The SMILES string of the molecule is CC(C)[C@H](CNC(=O)NCc1nnc2n1CCC2)N1CCc2ccccc2C1. The lowest BCUT2D eigenvalue weighted by Gasteiger charge is -2.38. The molecule has 2 N–H and O–H groups in total. The summed E-state index contributed by atoms with van der Waals surface area (Å²) in [6.45, 7) is 8.45. The molecule has 0 saturated carbocycles. The minimum Gasteiger partial charge on any atom is -0.337 e. The summed E-state index contributed by atoms with van der Waals surface area (Å²) in [7, 11) is 0. The maximum Gasteiger partial charge on any atom is 0.315 e. The molecule has 4 rings (SSSR count). The van der Waals surface area contributed by atoms with Crippen LogP contribution in [0.15, 0.2) is 24.3 Å². The third kappa shape index (κ3) is 4.04. The number of benzene rings is 1. The Morgan fingerprint density at radius 2 is 1.93 bits per heavy atom. The van der Waals surface area contributed by atoms with Crippen molar-refractivity contribution in [1.29, 1.82) is 0 Å². The first kappa shape index (κ1) is 18.9. The van der Waals surface area contributed by atoms with Gasteiger partial charge in [-0.15, -0.1) is 10.2 Å². The molecular formula is C21H30N6O. The van der Waals surface area contributed by atoms with Gasteiger partial charge in [-0.3, -0.25) is 4.90 Å². The largest absolute Gasteiger partial charge is 0.337 e. The zero-order chi connectivity index (χ0) is 19.5. The van der Waals surface area contributed by atoms with E-state index in [0.29, 0.717) is 25.0 Å². The summed E-state index contributed by atoms with van der Waals surface area (Å²) in [6.07, 6.45) is 3.16. The monoisotopic (exact) mass is 382 g/mol. The molecule has 2 aliphatic heterocycles. The zero-order valence-corrected chi connectivity index (χ0v) is 16.8. The third-order valence-electron chi connectivity index (χ3n) is 5.96. The van der Waals surface area contributed by atoms with Gasteiger partial charge in [-0.05, 0) is 29.9 Å². The standard InChI is InChI=1S/C21H30N6O/c1-15(2)18(26-11-9-16-6-3-4-7-17(16)14-26)12-22-21(28)23-13-20-25-24-19-8-5-10-27(19)20/h3-4,6-7,15,18H,5,8-14H2,1-2H3,(H2,22,23,28)/t18-/m0/s1. The highest BCUT2D eigenvalue weighted by atomic mass is 16.2. The van der Waals surface area contributed by atoms with Gasteiger partial charge in [-0.2, -0.15) is 0 Å². The number of nitrogens with zero attached hydrogens (tertiary/aromatic N) is 4. The van der Waals surface area contributed by atoms with E-state index >= 15 is 0 Å². The topological polar surface area (TPSA) is 75.1 Å². The molecule has 0 spiro atoms. The second kappa shape index (κ2) is 8.31. The number of amides is 2. The van der Waals surface area contributed by atoms with Crippen molar-refractivity contribution >= 4 is 6.03 Å². The Bertz CT molecular complexity index is 830. The highest BCUT2D eigenvalue weighted by molar-refractivity contribution is 5.73. The molecule has 2 amide bonds. The van der Waals surface area contributed by atoms with Crippen LogP contribution in [0.2, 0.25) is 0 Å². The second-order valence-electron chi connectivity index (χ2n) is 8.15. The molecule has 1 aromatic carbocycles. The van der Waals surface area contributed by atoms with E-state index in [1.165, 1.54) is 11.1 Å². The van der Waals surface area contributed by atoms with Crippen molar-refractivity contribution in [3.63, 3.8) is 0 Å². The number of nitrogens with one attached hydrogen (secondary N) is 2. The van der Waals surface area contributed by atoms with Crippen molar-refractivity contribution in [2.24, 2.45) is 5.92 Å². The molecule has 0 saturated heterocycles. The number of rotatable bonds is 6. The van der Waals surface area contributed by atoms with Gasteiger partial charge in [0.1, 0.15) is 5.82 Å². The first-order valence-corrected chi connectivity index (χ1v) is 10.4. The number of aryl methyl sites for hydroxylation is 1. The zero-order valence-electron chi connectivity index (χ0n) is 16.8. The smallest absolute Gasteiger partial charge is 0.315 e. The van der Waals surface area contributed by atoms with E-state index in [0.717, 1.165) is 50.5 Å². The van der Waals surface area contributed by atoms with Gasteiger partial charge in [-0.1, -0.05) is 38.1 Å². The number of carbonyl (C=O) groups is 1. The molecule has 7 nitrogen and oxygen atoms in total. The van der Waals surface area contributed by atoms with Gasteiger partial charge < -0.3 is 15.2 Å². The molecule has 28 heavy (non-hydrogen) atoms.